The molecule has 0 spiro atoms. The van der Waals surface area contributed by atoms with Crippen LogP contribution in [0.4, 0.5) is 35.2 Å². The number of hydrogen-bond donors (Lipinski definition) is 4. The lowest BCUT2D eigenvalue weighted by atomic mass is 9.95. The van der Waals surface area contributed by atoms with E-state index in [4.69, 9.17) is 4.52 Å². The molecule has 1 saturated heterocycles. The molecule has 3 aromatic heterocycles. The summed E-state index contributed by atoms with van der Waals surface area (Å²) in [6.45, 7) is 1.84. The molecule has 7 aromatic rings. The van der Waals surface area contributed by atoms with Gasteiger partial charge in [-0.15, -0.1) is 13.9 Å². The number of ether oxygens (including phenoxy) is 2. The van der Waals surface area contributed by atoms with Crippen LogP contribution >= 0.6 is 0 Å². The summed E-state index contributed by atoms with van der Waals surface area (Å²) in [5.41, 5.74) is 8.21. The normalized spacial score (nSPS) is 17.5. The minimum Gasteiger partial charge on any atom is -0.861 e. The minimum atomic E-state index is -3.78. The van der Waals surface area contributed by atoms with Crippen LogP contribution in [0.1, 0.15) is 24.0 Å². The van der Waals surface area contributed by atoms with Gasteiger partial charge in [0.05, 0.1) is 22.6 Å². The predicted octanol–water partition coefficient (Wildman–Crippen LogP) is 3.71. The van der Waals surface area contributed by atoms with Crippen LogP contribution in [0.3, 0.4) is 0 Å². The number of alkyl halides is 2. The Hall–Kier alpha value is -7.91. The molecule has 10 rings (SSSR count). The highest BCUT2D eigenvalue weighted by Gasteiger charge is 2.48. The van der Waals surface area contributed by atoms with E-state index in [9.17, 15) is 23.5 Å². The molecule has 2 aliphatic heterocycles. The van der Waals surface area contributed by atoms with Crippen LogP contribution in [0.5, 0.6) is 11.5 Å². The number of aryl methyl sites for hydroxylation is 1. The number of hydrazine groups is 1. The molecule has 5 heterocycles. The number of hydrogen-bond acceptors (Lipinski definition) is 13. The zero-order chi connectivity index (χ0) is 41.3. The number of anilines is 1. The van der Waals surface area contributed by atoms with Crippen molar-refractivity contribution in [3.63, 3.8) is 0 Å². The number of quaternary nitrogens is 1. The highest BCUT2D eigenvalue weighted by Crippen LogP contribution is 2.52. The summed E-state index contributed by atoms with van der Waals surface area (Å²) in [6.07, 6.45) is -2.83. The molecule has 3 aliphatic rings. The number of nitrogens with one attached hydrogen (secondary N) is 4. The number of halogens is 3. The van der Waals surface area contributed by atoms with Gasteiger partial charge in [-0.25, -0.2) is 29.1 Å². The van der Waals surface area contributed by atoms with Crippen molar-refractivity contribution in [1.29, 1.82) is 0 Å². The van der Waals surface area contributed by atoms with Gasteiger partial charge in [-0.05, 0) is 101 Å². The van der Waals surface area contributed by atoms with Crippen molar-refractivity contribution < 1.29 is 42.2 Å². The Labute approximate surface area is 334 Å². The van der Waals surface area contributed by atoms with Crippen molar-refractivity contribution in [3.05, 3.63) is 124 Å². The predicted molar refractivity (Wildman–Crippen MR) is 200 cm³/mol. The average molecular weight is 817 g/mol. The van der Waals surface area contributed by atoms with Gasteiger partial charge in [0.1, 0.15) is 5.82 Å². The number of H-pyrrole nitrogens is 1. The summed E-state index contributed by atoms with van der Waals surface area (Å²) in [6, 6.07) is 24.9. The van der Waals surface area contributed by atoms with Crippen molar-refractivity contribution in [2.45, 2.75) is 31.5 Å². The molecular weight excluding hydrogens is 790 g/mol. The zero-order valence-corrected chi connectivity index (χ0v) is 30.8. The smallest absolute Gasteiger partial charge is 0.586 e. The molecule has 18 nitrogen and oxygen atoms in total. The number of benzene rings is 4. The standard InChI is InChI=1S/C39H27F3N12O6/c1-20-8-13-31(44-35(55)38(14-15-38)23-9-12-29-30(18-23)59-39(41,42)58-29)43-32(20)21-4-2-7-25(16-21)53-37(57)47-54(51-53)26-10-11-27(28(40)19-26)34-45-33(48-60-34)22-5-3-6-24(17-22)52-36(56)46-49-50-52/h2-13,16-19,51H,14-15H2,1H3,(H,47,57)(H,43,44,55)(H,46,50,56). The molecule has 4 aromatic carbocycles. The van der Waals surface area contributed by atoms with E-state index in [-0.39, 0.29) is 39.7 Å². The van der Waals surface area contributed by atoms with Crippen molar-refractivity contribution >= 4 is 29.1 Å². The summed E-state index contributed by atoms with van der Waals surface area (Å²) in [5, 5.41) is 28.4. The fourth-order valence-electron chi connectivity index (χ4n) is 6.98. The first kappa shape index (κ1) is 36.4. The molecule has 2 fully saturated rings. The van der Waals surface area contributed by atoms with Crippen LogP contribution in [0, 0.1) is 12.7 Å². The molecule has 1 saturated carbocycles. The number of amides is 2. The van der Waals surface area contributed by atoms with Crippen LogP contribution in [0.2, 0.25) is 0 Å². The molecule has 1 aliphatic carbocycles. The third-order valence-electron chi connectivity index (χ3n) is 10.2. The van der Waals surface area contributed by atoms with E-state index in [0.717, 1.165) is 10.2 Å². The fourth-order valence-corrected chi connectivity index (χ4v) is 6.98. The van der Waals surface area contributed by atoms with Gasteiger partial charge in [-0.3, -0.25) is 0 Å². The van der Waals surface area contributed by atoms with Gasteiger partial charge in [-0.1, -0.05) is 41.6 Å². The number of aromatic nitrogens is 7. The van der Waals surface area contributed by atoms with Crippen LogP contribution in [0.15, 0.2) is 111 Å². The Bertz CT molecular complexity index is 2960. The SMILES string of the molecule is Cc1ccc(N=C([O-])C2(c3ccc4c(c3)OC(F)(F)O4)CC2)nc1-c1cccc(N2N[NH+](c3ccc(-c4nc(-c5cccc(-n6nn[nH]c6=O)c5)no4)c(F)c3)NC2=O)c1. The number of aliphatic imine (C=N–C) groups is 1. The number of tetrazole rings is 1. The maximum Gasteiger partial charge on any atom is 0.586 e. The van der Waals surface area contributed by atoms with E-state index >= 15 is 4.39 Å². The van der Waals surface area contributed by atoms with E-state index in [0.29, 0.717) is 52.3 Å². The molecule has 1 atom stereocenters. The lowest BCUT2D eigenvalue weighted by molar-refractivity contribution is -0.907. The largest absolute Gasteiger partial charge is 0.861 e. The Morgan fingerprint density at radius 3 is 2.47 bits per heavy atom. The molecule has 2 amide bonds. The van der Waals surface area contributed by atoms with Crippen molar-refractivity contribution in [3.8, 4) is 51.3 Å². The number of carbonyl (C=O) groups excluding carboxylic acids is 1. The van der Waals surface area contributed by atoms with E-state index in [1.165, 1.54) is 29.3 Å². The second-order valence-corrected chi connectivity index (χ2v) is 14.1. The van der Waals surface area contributed by atoms with Crippen molar-refractivity contribution in [2.75, 3.05) is 5.01 Å². The van der Waals surface area contributed by atoms with Gasteiger partial charge in [0.2, 0.25) is 5.82 Å². The van der Waals surface area contributed by atoms with E-state index in [1.54, 1.807) is 72.8 Å². The van der Waals surface area contributed by atoms with E-state index in [2.05, 4.69) is 56.1 Å². The van der Waals surface area contributed by atoms with Gasteiger partial charge >= 0.3 is 18.0 Å². The minimum absolute atomic E-state index is 0.0157. The van der Waals surface area contributed by atoms with E-state index in [1.807, 2.05) is 6.92 Å². The topological polar surface area (TPSA) is 218 Å². The Morgan fingerprint density at radius 1 is 0.900 bits per heavy atom. The summed E-state index contributed by atoms with van der Waals surface area (Å²) >= 11 is 0. The van der Waals surface area contributed by atoms with Gasteiger partial charge in [0, 0.05) is 28.7 Å². The van der Waals surface area contributed by atoms with Crippen molar-refractivity contribution in [2.24, 2.45) is 4.99 Å². The first-order valence-electron chi connectivity index (χ1n) is 18.2. The number of carbonyl (C=O) groups is 1. The van der Waals surface area contributed by atoms with Crippen LogP contribution in [-0.4, -0.2) is 53.6 Å². The van der Waals surface area contributed by atoms with Gasteiger partial charge in [-0.2, -0.15) is 20.1 Å². The van der Waals surface area contributed by atoms with Crippen molar-refractivity contribution in [1.82, 2.24) is 46.3 Å². The Balaban J connectivity index is 0.851. The fraction of sp³-hybridized carbons (Fsp3) is 0.128. The van der Waals surface area contributed by atoms with E-state index < -0.39 is 35.1 Å². The average Bonchev–Trinajstić information content (AvgIpc) is 3.52. The summed E-state index contributed by atoms with van der Waals surface area (Å²) < 4.78 is 58.4. The second-order valence-electron chi connectivity index (χ2n) is 14.1. The monoisotopic (exact) mass is 816 g/mol. The molecule has 0 bridgehead atoms. The second kappa shape index (κ2) is 13.6. The number of fused-ring (bicyclic) bond motifs is 1. The summed E-state index contributed by atoms with van der Waals surface area (Å²) in [5.74, 6) is -1.24. The highest BCUT2D eigenvalue weighted by atomic mass is 19.3. The molecule has 1 unspecified atom stereocenters. The number of pyridine rings is 1. The molecular formula is C39H27F3N12O6. The Kier molecular flexibility index (Phi) is 8.26. The van der Waals surface area contributed by atoms with Gasteiger partial charge < -0.3 is 19.1 Å². The highest BCUT2D eigenvalue weighted by molar-refractivity contribution is 5.92. The molecule has 21 heteroatoms. The van der Waals surface area contributed by atoms with Crippen LogP contribution < -0.4 is 41.4 Å². The number of urea groups is 1. The van der Waals surface area contributed by atoms with Gasteiger partial charge in [0.25, 0.3) is 5.89 Å². The first-order valence-corrected chi connectivity index (χ1v) is 18.2. The third-order valence-corrected chi connectivity index (χ3v) is 10.2. The molecule has 60 heavy (non-hydrogen) atoms. The number of nitrogens with zero attached hydrogens (tertiary/aromatic N) is 8. The molecule has 300 valence electrons. The number of aromatic amines is 1. The maximum atomic E-state index is 15.6. The van der Waals surface area contributed by atoms with Crippen LogP contribution in [-0.2, 0) is 5.41 Å². The quantitative estimate of drug-likeness (QED) is 0.121. The molecule has 4 N–H and O–H groups in total. The lowest BCUT2D eigenvalue weighted by Gasteiger charge is -2.23. The van der Waals surface area contributed by atoms with Gasteiger partial charge in [0.15, 0.2) is 23.0 Å². The third kappa shape index (κ3) is 6.42. The molecule has 0 radical (unpaired) electrons. The Morgan fingerprint density at radius 2 is 1.68 bits per heavy atom. The summed E-state index contributed by atoms with van der Waals surface area (Å²) in [4.78, 5) is 38.5. The first-order chi connectivity index (χ1) is 28.9. The zero-order valence-electron chi connectivity index (χ0n) is 30.8. The number of rotatable bonds is 9. The summed E-state index contributed by atoms with van der Waals surface area (Å²) in [7, 11) is 0. The van der Waals surface area contributed by atoms with Crippen LogP contribution in [0.25, 0.3) is 39.8 Å². The lowest BCUT2D eigenvalue weighted by Crippen LogP contribution is -3.18. The maximum absolute atomic E-state index is 15.6.